The average molecular weight is 288 g/mol. The van der Waals surface area contributed by atoms with E-state index >= 15 is 0 Å². The van der Waals surface area contributed by atoms with Crippen LogP contribution in [0.2, 0.25) is 0 Å². The number of Topliss-reactive ketones (excluding diaryl/α,β-unsaturated/α-hetero) is 1. The zero-order chi connectivity index (χ0) is 14.4. The molecule has 0 aromatic carbocycles. The van der Waals surface area contributed by atoms with Crippen molar-refractivity contribution in [1.82, 2.24) is 10.1 Å². The van der Waals surface area contributed by atoms with Crippen molar-refractivity contribution < 1.29 is 9.32 Å². The Balaban J connectivity index is 1.54. The molecule has 0 aliphatic heterocycles. The first-order valence-corrected chi connectivity index (χ1v) is 8.51. The van der Waals surface area contributed by atoms with E-state index in [1.165, 1.54) is 38.5 Å². The fraction of sp³-hybridized carbons (Fsp3) is 0.824. The van der Waals surface area contributed by atoms with E-state index in [-0.39, 0.29) is 11.2 Å². The molecule has 0 radical (unpaired) electrons. The van der Waals surface area contributed by atoms with E-state index in [0.29, 0.717) is 18.7 Å². The Morgan fingerprint density at radius 2 is 1.81 bits per heavy atom. The van der Waals surface area contributed by atoms with Crippen molar-refractivity contribution in [1.29, 1.82) is 0 Å². The van der Waals surface area contributed by atoms with Crippen LogP contribution in [-0.2, 0) is 16.6 Å². The van der Waals surface area contributed by atoms with Crippen LogP contribution in [0.1, 0.15) is 70.0 Å². The molecular formula is C17H24N2O2. The first-order chi connectivity index (χ1) is 10.2. The zero-order valence-electron chi connectivity index (χ0n) is 12.8. The van der Waals surface area contributed by atoms with Gasteiger partial charge in [0.05, 0.1) is 6.42 Å². The number of carbonyl (C=O) groups is 1. The van der Waals surface area contributed by atoms with Crippen LogP contribution in [0, 0.1) is 17.8 Å². The van der Waals surface area contributed by atoms with Crippen molar-refractivity contribution >= 4 is 5.78 Å². The highest BCUT2D eigenvalue weighted by Crippen LogP contribution is 2.60. The molecule has 4 aliphatic carbocycles. The molecule has 4 nitrogen and oxygen atoms in total. The Hall–Kier alpha value is -1.19. The van der Waals surface area contributed by atoms with Crippen molar-refractivity contribution in [3.05, 3.63) is 11.7 Å². The minimum Gasteiger partial charge on any atom is -0.339 e. The second kappa shape index (κ2) is 4.92. The summed E-state index contributed by atoms with van der Waals surface area (Å²) in [6.45, 7) is 2.02. The second-order valence-electron chi connectivity index (χ2n) is 7.68. The van der Waals surface area contributed by atoms with Crippen molar-refractivity contribution in [2.45, 2.75) is 70.1 Å². The lowest BCUT2D eigenvalue weighted by atomic mass is 9.49. The Morgan fingerprint density at radius 1 is 1.19 bits per heavy atom. The highest BCUT2D eigenvalue weighted by molar-refractivity contribution is 5.79. The maximum Gasteiger partial charge on any atom is 0.234 e. The molecule has 114 valence electrons. The molecule has 1 aromatic heterocycles. The molecule has 0 N–H and O–H groups in total. The molecule has 0 spiro atoms. The lowest BCUT2D eigenvalue weighted by Gasteiger charge is -2.55. The summed E-state index contributed by atoms with van der Waals surface area (Å²) < 4.78 is 5.39. The number of nitrogens with zero attached hydrogens (tertiary/aromatic N) is 2. The molecule has 21 heavy (non-hydrogen) atoms. The highest BCUT2D eigenvalue weighted by Gasteiger charge is 2.53. The molecule has 0 saturated heterocycles. The first kappa shape index (κ1) is 13.5. The van der Waals surface area contributed by atoms with Gasteiger partial charge in [0.2, 0.25) is 5.89 Å². The third kappa shape index (κ3) is 2.33. The predicted octanol–water partition coefficient (Wildman–Crippen LogP) is 3.45. The SMILES string of the molecule is CCCC(=O)Cc1nc(C23CC4CC(CC(C4)C2)C3)no1. The number of hydrogen-bond acceptors (Lipinski definition) is 4. The van der Waals surface area contributed by atoms with Crippen molar-refractivity contribution in [2.75, 3.05) is 0 Å². The zero-order valence-corrected chi connectivity index (χ0v) is 12.8. The van der Waals surface area contributed by atoms with Crippen molar-refractivity contribution in [2.24, 2.45) is 17.8 Å². The van der Waals surface area contributed by atoms with Crippen LogP contribution in [0.15, 0.2) is 4.52 Å². The van der Waals surface area contributed by atoms with Gasteiger partial charge in [-0.05, 0) is 62.7 Å². The van der Waals surface area contributed by atoms with E-state index in [4.69, 9.17) is 4.52 Å². The largest absolute Gasteiger partial charge is 0.339 e. The smallest absolute Gasteiger partial charge is 0.234 e. The van der Waals surface area contributed by atoms with Gasteiger partial charge in [-0.2, -0.15) is 4.98 Å². The van der Waals surface area contributed by atoms with Crippen molar-refractivity contribution in [3.8, 4) is 0 Å². The fourth-order valence-corrected chi connectivity index (χ4v) is 5.46. The van der Waals surface area contributed by atoms with Gasteiger partial charge < -0.3 is 4.52 Å². The molecule has 4 fully saturated rings. The van der Waals surface area contributed by atoms with Crippen LogP contribution in [0.5, 0.6) is 0 Å². The fourth-order valence-electron chi connectivity index (χ4n) is 5.46. The Labute approximate surface area is 125 Å². The van der Waals surface area contributed by atoms with E-state index in [9.17, 15) is 4.79 Å². The average Bonchev–Trinajstić information content (AvgIpc) is 2.86. The van der Waals surface area contributed by atoms with Gasteiger partial charge in [-0.15, -0.1) is 0 Å². The molecule has 1 heterocycles. The van der Waals surface area contributed by atoms with Gasteiger partial charge in [0.1, 0.15) is 5.78 Å². The van der Waals surface area contributed by atoms with Gasteiger partial charge in [-0.25, -0.2) is 0 Å². The number of hydrogen-bond donors (Lipinski definition) is 0. The van der Waals surface area contributed by atoms with Gasteiger partial charge in [-0.1, -0.05) is 12.1 Å². The van der Waals surface area contributed by atoms with Gasteiger partial charge in [-0.3, -0.25) is 4.79 Å². The Kier molecular flexibility index (Phi) is 3.16. The summed E-state index contributed by atoms with van der Waals surface area (Å²) >= 11 is 0. The van der Waals surface area contributed by atoms with Gasteiger partial charge in [0.15, 0.2) is 5.82 Å². The molecule has 0 unspecified atom stereocenters. The Morgan fingerprint density at radius 3 is 2.38 bits per heavy atom. The topological polar surface area (TPSA) is 56.0 Å². The third-order valence-electron chi connectivity index (χ3n) is 5.86. The predicted molar refractivity (Wildman–Crippen MR) is 77.8 cm³/mol. The van der Waals surface area contributed by atoms with Crippen LogP contribution in [0.3, 0.4) is 0 Å². The van der Waals surface area contributed by atoms with Gasteiger partial charge >= 0.3 is 0 Å². The summed E-state index contributed by atoms with van der Waals surface area (Å²) in [6.07, 6.45) is 9.76. The number of carbonyl (C=O) groups excluding carboxylic acids is 1. The minimum absolute atomic E-state index is 0.171. The molecule has 4 bridgehead atoms. The van der Waals surface area contributed by atoms with Gasteiger partial charge in [0.25, 0.3) is 0 Å². The third-order valence-corrected chi connectivity index (χ3v) is 5.86. The monoisotopic (exact) mass is 288 g/mol. The standard InChI is InChI=1S/C17H24N2O2/c1-2-3-14(20)7-15-18-16(19-21-15)17-8-11-4-12(9-17)6-13(5-11)10-17/h11-13H,2-10H2,1H3. The molecule has 0 atom stereocenters. The van der Waals surface area contributed by atoms with Crippen LogP contribution in [-0.4, -0.2) is 15.9 Å². The van der Waals surface area contributed by atoms with E-state index < -0.39 is 0 Å². The van der Waals surface area contributed by atoms with Crippen LogP contribution in [0.4, 0.5) is 0 Å². The normalized spacial score (nSPS) is 37.1. The lowest BCUT2D eigenvalue weighted by Crippen LogP contribution is -2.49. The lowest BCUT2D eigenvalue weighted by molar-refractivity contribution is -0.118. The van der Waals surface area contributed by atoms with Crippen LogP contribution < -0.4 is 0 Å². The van der Waals surface area contributed by atoms with Crippen molar-refractivity contribution in [3.63, 3.8) is 0 Å². The molecular weight excluding hydrogens is 264 g/mol. The molecule has 4 aliphatic rings. The van der Waals surface area contributed by atoms with E-state index in [0.717, 1.165) is 30.0 Å². The maximum absolute atomic E-state index is 11.7. The van der Waals surface area contributed by atoms with E-state index in [1.807, 2.05) is 6.92 Å². The maximum atomic E-state index is 11.7. The molecule has 5 rings (SSSR count). The number of ketones is 1. The summed E-state index contributed by atoms with van der Waals surface area (Å²) in [6, 6.07) is 0. The summed E-state index contributed by atoms with van der Waals surface area (Å²) in [5.74, 6) is 4.26. The summed E-state index contributed by atoms with van der Waals surface area (Å²) in [5, 5.41) is 4.28. The molecule has 0 amide bonds. The van der Waals surface area contributed by atoms with E-state index in [1.54, 1.807) is 0 Å². The number of aromatic nitrogens is 2. The molecule has 4 saturated carbocycles. The van der Waals surface area contributed by atoms with Crippen LogP contribution >= 0.6 is 0 Å². The first-order valence-electron chi connectivity index (χ1n) is 8.51. The van der Waals surface area contributed by atoms with E-state index in [2.05, 4.69) is 10.1 Å². The highest BCUT2D eigenvalue weighted by atomic mass is 16.5. The summed E-state index contributed by atoms with van der Waals surface area (Å²) in [5.41, 5.74) is 0.171. The quantitative estimate of drug-likeness (QED) is 0.832. The second-order valence-corrected chi connectivity index (χ2v) is 7.68. The molecule has 1 aromatic rings. The van der Waals surface area contributed by atoms with Gasteiger partial charge in [0, 0.05) is 11.8 Å². The Bertz CT molecular complexity index is 513. The molecule has 4 heteroatoms. The van der Waals surface area contributed by atoms with Crippen LogP contribution in [0.25, 0.3) is 0 Å². The summed E-state index contributed by atoms with van der Waals surface area (Å²) in [4.78, 5) is 16.4. The number of rotatable bonds is 5. The minimum atomic E-state index is 0.171. The summed E-state index contributed by atoms with van der Waals surface area (Å²) in [7, 11) is 0.